The van der Waals surface area contributed by atoms with Crippen LogP contribution in [0, 0.1) is 23.7 Å². The van der Waals surface area contributed by atoms with Gasteiger partial charge >= 0.3 is 0 Å². The van der Waals surface area contributed by atoms with E-state index < -0.39 is 8.32 Å². The van der Waals surface area contributed by atoms with Gasteiger partial charge in [-0.3, -0.25) is 0 Å². The Morgan fingerprint density at radius 1 is 0.403 bits per heavy atom. The summed E-state index contributed by atoms with van der Waals surface area (Å²) >= 11 is 7.58. The monoisotopic (exact) mass is 984 g/mol. The van der Waals surface area contributed by atoms with Crippen LogP contribution in [-0.2, 0) is 23.7 Å². The zero-order valence-electron chi connectivity index (χ0n) is 40.7. The molecule has 0 radical (unpaired) electrons. The summed E-state index contributed by atoms with van der Waals surface area (Å²) in [6.45, 7) is 16.9. The van der Waals surface area contributed by atoms with Gasteiger partial charge in [-0.1, -0.05) is 231 Å². The van der Waals surface area contributed by atoms with Crippen LogP contribution < -0.4 is 0 Å². The topological polar surface area (TPSA) is 9.23 Å². The molecule has 0 unspecified atom stereocenters. The van der Waals surface area contributed by atoms with Crippen LogP contribution in [0.25, 0.3) is 0 Å². The maximum atomic E-state index is 6.61. The molecule has 0 N–H and O–H groups in total. The molecule has 1 nitrogen and oxygen atoms in total. The zero-order valence-corrected chi connectivity index (χ0v) is 44.8. The van der Waals surface area contributed by atoms with Crippen molar-refractivity contribution in [1.82, 2.24) is 0 Å². The number of hydrogen-bond donors (Lipinski definition) is 0. The smallest absolute Gasteiger partial charge is 0.191 e. The summed E-state index contributed by atoms with van der Waals surface area (Å²) < 4.78 is 8.82. The molecule has 342 valence electrons. The minimum absolute atomic E-state index is 0.183. The Balaban J connectivity index is 1.63. The molecule has 3 aromatic rings. The zero-order chi connectivity index (χ0) is 44.9. The molecular formula is C58H86Br2OSi. The second-order valence-corrected chi connectivity index (χ2v) is 26.4. The minimum atomic E-state index is -1.85. The Morgan fingerprint density at radius 3 is 1.02 bits per heavy atom. The van der Waals surface area contributed by atoms with Gasteiger partial charge in [-0.15, -0.1) is 0 Å². The van der Waals surface area contributed by atoms with Crippen molar-refractivity contribution >= 4 is 40.2 Å². The van der Waals surface area contributed by atoms with Gasteiger partial charge in [0.1, 0.15) is 0 Å². The van der Waals surface area contributed by atoms with Gasteiger partial charge < -0.3 is 4.43 Å². The number of unbranched alkanes of at least 4 members (excludes halogenated alkanes) is 22. The average molecular weight is 987 g/mol. The summed E-state index contributed by atoms with van der Waals surface area (Å²) in [5.41, 5.74) is 8.08. The lowest BCUT2D eigenvalue weighted by Crippen LogP contribution is -2.41. The molecule has 0 atom stereocenters. The second kappa shape index (κ2) is 31.7. The van der Waals surface area contributed by atoms with Gasteiger partial charge in [-0.2, -0.15) is 0 Å². The minimum Gasteiger partial charge on any atom is -0.416 e. The van der Waals surface area contributed by atoms with Gasteiger partial charge in [0, 0.05) is 37.8 Å². The molecule has 4 heteroatoms. The van der Waals surface area contributed by atoms with Gasteiger partial charge in [0.15, 0.2) is 8.32 Å². The lowest BCUT2D eigenvalue weighted by atomic mass is 10.0. The van der Waals surface area contributed by atoms with Crippen molar-refractivity contribution in [2.24, 2.45) is 0 Å². The van der Waals surface area contributed by atoms with Crippen molar-refractivity contribution in [3.63, 3.8) is 0 Å². The molecule has 0 aliphatic heterocycles. The maximum absolute atomic E-state index is 6.61. The van der Waals surface area contributed by atoms with Crippen molar-refractivity contribution in [3.05, 3.63) is 102 Å². The molecule has 0 aromatic heterocycles. The van der Waals surface area contributed by atoms with Crippen LogP contribution in [0.15, 0.2) is 63.5 Å². The summed E-state index contributed by atoms with van der Waals surface area (Å²) in [7, 11) is -1.85. The van der Waals surface area contributed by atoms with E-state index in [4.69, 9.17) is 4.43 Å². The second-order valence-electron chi connectivity index (χ2n) is 19.8. The van der Waals surface area contributed by atoms with Crippen LogP contribution in [0.5, 0.6) is 0 Å². The van der Waals surface area contributed by atoms with E-state index in [0.717, 1.165) is 50.5 Å². The van der Waals surface area contributed by atoms with Gasteiger partial charge in [-0.05, 0) is 122 Å². The Bertz CT molecular complexity index is 1700. The lowest BCUT2D eigenvalue weighted by molar-refractivity contribution is 0.292. The Kier molecular flexibility index (Phi) is 27.8. The highest BCUT2D eigenvalue weighted by Crippen LogP contribution is 2.36. The molecule has 0 saturated carbocycles. The summed E-state index contributed by atoms with van der Waals surface area (Å²) in [5, 5.41) is 0.183. The fraction of sp³-hybridized carbons (Fsp3) is 0.621. The Hall–Kier alpha value is -2.08. The standard InChI is InChI=1S/C58H86Br2OSi/c1-8-10-12-14-16-18-20-22-24-26-28-30-32-49-40-53(47-56(59)45-49)36-34-51-42-52(44-55(43-51)38-39-61-62(6,7)58(3,4)5)35-37-54-41-50(46-57(60)48-54)33-31-29-27-25-23-21-19-17-15-13-11-9-2/h40-48H,8-33,38-39H2,1-7H3. The third kappa shape index (κ3) is 24.3. The quantitative estimate of drug-likeness (QED) is 0.0367. The third-order valence-corrected chi connectivity index (χ3v) is 18.4. The number of hydrogen-bond acceptors (Lipinski definition) is 1. The molecule has 0 spiro atoms. The molecule has 0 amide bonds. The van der Waals surface area contributed by atoms with E-state index in [9.17, 15) is 0 Å². The number of halogens is 2. The van der Waals surface area contributed by atoms with E-state index >= 15 is 0 Å². The highest BCUT2D eigenvalue weighted by Gasteiger charge is 2.36. The van der Waals surface area contributed by atoms with Crippen LogP contribution in [-0.4, -0.2) is 14.9 Å². The first-order chi connectivity index (χ1) is 29.9. The molecule has 3 rings (SSSR count). The Labute approximate surface area is 400 Å². The highest BCUT2D eigenvalue weighted by atomic mass is 79.9. The van der Waals surface area contributed by atoms with Crippen LogP contribution >= 0.6 is 31.9 Å². The van der Waals surface area contributed by atoms with E-state index in [2.05, 4.69) is 158 Å². The van der Waals surface area contributed by atoms with Crippen LogP contribution in [0.1, 0.15) is 228 Å². The average Bonchev–Trinajstić information content (AvgIpc) is 3.22. The fourth-order valence-corrected chi connectivity index (χ4v) is 10.1. The molecule has 0 aliphatic rings. The van der Waals surface area contributed by atoms with Crippen molar-refractivity contribution in [2.45, 2.75) is 226 Å². The molecule has 0 aliphatic carbocycles. The predicted molar refractivity (Wildman–Crippen MR) is 283 cm³/mol. The number of aryl methyl sites for hydroxylation is 2. The van der Waals surface area contributed by atoms with Crippen molar-refractivity contribution in [2.75, 3.05) is 6.61 Å². The first-order valence-corrected chi connectivity index (χ1v) is 29.8. The summed E-state index contributed by atoms with van der Waals surface area (Å²) in [6, 6.07) is 20.1. The third-order valence-electron chi connectivity index (χ3n) is 12.9. The van der Waals surface area contributed by atoms with Crippen molar-refractivity contribution < 1.29 is 4.43 Å². The largest absolute Gasteiger partial charge is 0.416 e. The lowest BCUT2D eigenvalue weighted by Gasteiger charge is -2.36. The van der Waals surface area contributed by atoms with E-state index in [1.54, 1.807) is 0 Å². The van der Waals surface area contributed by atoms with E-state index in [1.807, 2.05) is 0 Å². The number of benzene rings is 3. The highest BCUT2D eigenvalue weighted by molar-refractivity contribution is 9.10. The molecule has 0 fully saturated rings. The van der Waals surface area contributed by atoms with Gasteiger partial charge in [0.25, 0.3) is 0 Å². The summed E-state index contributed by atoms with van der Waals surface area (Å²) in [4.78, 5) is 0. The predicted octanol–water partition coefficient (Wildman–Crippen LogP) is 19.1. The SMILES string of the molecule is CCCCCCCCCCCCCCc1cc(Br)cc(C#Cc2cc(C#Cc3cc(Br)cc(CCCCCCCCCCCCCC)c3)cc(CCO[Si](C)(C)C(C)(C)C)c2)c1. The van der Waals surface area contributed by atoms with Crippen LogP contribution in [0.3, 0.4) is 0 Å². The van der Waals surface area contributed by atoms with E-state index in [-0.39, 0.29) is 5.04 Å². The normalized spacial score (nSPS) is 11.6. The summed E-state index contributed by atoms with van der Waals surface area (Å²) in [6.07, 6.45) is 36.1. The first kappa shape index (κ1) is 54.3. The molecule has 0 heterocycles. The molecule has 3 aromatic carbocycles. The first-order valence-electron chi connectivity index (χ1n) is 25.3. The van der Waals surface area contributed by atoms with E-state index in [1.165, 1.54) is 171 Å². The maximum Gasteiger partial charge on any atom is 0.191 e. The molecule has 0 saturated heterocycles. The van der Waals surface area contributed by atoms with Crippen molar-refractivity contribution in [3.8, 4) is 23.7 Å². The number of rotatable bonds is 30. The molecule has 0 bridgehead atoms. The molecule has 62 heavy (non-hydrogen) atoms. The van der Waals surface area contributed by atoms with Gasteiger partial charge in [-0.25, -0.2) is 0 Å². The van der Waals surface area contributed by atoms with Crippen LogP contribution in [0.4, 0.5) is 0 Å². The molecular weight excluding hydrogens is 901 g/mol. The van der Waals surface area contributed by atoms with E-state index in [0.29, 0.717) is 6.61 Å². The van der Waals surface area contributed by atoms with Crippen molar-refractivity contribution in [1.29, 1.82) is 0 Å². The Morgan fingerprint density at radius 2 is 0.694 bits per heavy atom. The van der Waals surface area contributed by atoms with Gasteiger partial charge in [0.2, 0.25) is 0 Å². The summed E-state index contributed by atoms with van der Waals surface area (Å²) in [5.74, 6) is 14.1. The fourth-order valence-electron chi connectivity index (χ4n) is 7.98. The van der Waals surface area contributed by atoms with Crippen LogP contribution in [0.2, 0.25) is 18.1 Å². The van der Waals surface area contributed by atoms with Gasteiger partial charge in [0.05, 0.1) is 0 Å².